The minimum absolute atomic E-state index is 0.00392. The summed E-state index contributed by atoms with van der Waals surface area (Å²) in [6.45, 7) is 0.590. The fourth-order valence-corrected chi connectivity index (χ4v) is 5.14. The minimum atomic E-state index is -2.96. The topological polar surface area (TPSA) is 54.5 Å². The van der Waals surface area contributed by atoms with Gasteiger partial charge < -0.3 is 4.90 Å². The summed E-state index contributed by atoms with van der Waals surface area (Å²) in [5, 5.41) is 0. The third-order valence-corrected chi connectivity index (χ3v) is 6.46. The van der Waals surface area contributed by atoms with Gasteiger partial charge in [-0.1, -0.05) is 48.5 Å². The molecular formula is C20H23NO3S. The first-order valence-corrected chi connectivity index (χ1v) is 10.5. The largest absolute Gasteiger partial charge is 0.312 e. The predicted octanol–water partition coefficient (Wildman–Crippen LogP) is 3.09. The number of anilines is 1. The summed E-state index contributed by atoms with van der Waals surface area (Å²) in [4.78, 5) is 14.7. The average Bonchev–Trinajstić information content (AvgIpc) is 2.95. The molecule has 5 heteroatoms. The molecule has 132 valence electrons. The maximum absolute atomic E-state index is 12.9. The molecule has 2 aromatic carbocycles. The number of nitrogens with zero attached hydrogens (tertiary/aromatic N) is 1. The van der Waals surface area contributed by atoms with Crippen LogP contribution in [0.5, 0.6) is 0 Å². The van der Waals surface area contributed by atoms with E-state index in [4.69, 9.17) is 0 Å². The standard InChI is InChI=1S/C20H23NO3S/c22-20(15-18-12-14-25(23,24)16-18)21(19-9-5-2-6-10-19)13-11-17-7-3-1-4-8-17/h1-10,18H,11-16H2. The number of carbonyl (C=O) groups is 1. The Morgan fingerprint density at radius 1 is 1.00 bits per heavy atom. The molecule has 0 saturated carbocycles. The molecule has 0 aliphatic carbocycles. The Hall–Kier alpha value is -2.14. The number of amides is 1. The highest BCUT2D eigenvalue weighted by Gasteiger charge is 2.31. The summed E-state index contributed by atoms with van der Waals surface area (Å²) in [5.41, 5.74) is 2.05. The molecule has 1 heterocycles. The molecule has 0 bridgehead atoms. The Bertz CT molecular complexity index is 803. The van der Waals surface area contributed by atoms with Crippen LogP contribution in [0.15, 0.2) is 60.7 Å². The second-order valence-corrected chi connectivity index (χ2v) is 8.82. The summed E-state index contributed by atoms with van der Waals surface area (Å²) < 4.78 is 23.3. The van der Waals surface area contributed by atoms with Crippen molar-refractivity contribution in [3.63, 3.8) is 0 Å². The van der Waals surface area contributed by atoms with Crippen LogP contribution >= 0.6 is 0 Å². The van der Waals surface area contributed by atoms with Crippen molar-refractivity contribution in [1.29, 1.82) is 0 Å². The van der Waals surface area contributed by atoms with Crippen LogP contribution in [-0.4, -0.2) is 32.4 Å². The van der Waals surface area contributed by atoms with Gasteiger partial charge in [-0.25, -0.2) is 8.42 Å². The summed E-state index contributed by atoms with van der Waals surface area (Å²) >= 11 is 0. The molecule has 4 nitrogen and oxygen atoms in total. The number of para-hydroxylation sites is 1. The van der Waals surface area contributed by atoms with E-state index in [0.29, 0.717) is 19.4 Å². The Morgan fingerprint density at radius 2 is 1.64 bits per heavy atom. The van der Waals surface area contributed by atoms with E-state index in [1.54, 1.807) is 4.90 Å². The molecule has 1 atom stereocenters. The highest BCUT2D eigenvalue weighted by Crippen LogP contribution is 2.24. The van der Waals surface area contributed by atoms with Crippen LogP contribution in [0.4, 0.5) is 5.69 Å². The van der Waals surface area contributed by atoms with Crippen molar-refractivity contribution in [3.05, 3.63) is 66.2 Å². The minimum Gasteiger partial charge on any atom is -0.312 e. The van der Waals surface area contributed by atoms with E-state index in [2.05, 4.69) is 12.1 Å². The van der Waals surface area contributed by atoms with Gasteiger partial charge in [-0.2, -0.15) is 0 Å². The van der Waals surface area contributed by atoms with Crippen LogP contribution in [0.3, 0.4) is 0 Å². The van der Waals surface area contributed by atoms with Crippen molar-refractivity contribution < 1.29 is 13.2 Å². The first-order chi connectivity index (χ1) is 12.0. The third kappa shape index (κ3) is 4.92. The molecule has 0 N–H and O–H groups in total. The smallest absolute Gasteiger partial charge is 0.227 e. The SMILES string of the molecule is O=C(CC1CCS(=O)(=O)C1)N(CCc1ccccc1)c1ccccc1. The van der Waals surface area contributed by atoms with Gasteiger partial charge in [-0.3, -0.25) is 4.79 Å². The lowest BCUT2D eigenvalue weighted by molar-refractivity contribution is -0.119. The first kappa shape index (κ1) is 17.7. The van der Waals surface area contributed by atoms with Crippen molar-refractivity contribution >= 4 is 21.4 Å². The molecule has 0 spiro atoms. The maximum Gasteiger partial charge on any atom is 0.227 e. The van der Waals surface area contributed by atoms with E-state index < -0.39 is 9.84 Å². The van der Waals surface area contributed by atoms with Crippen LogP contribution in [0.25, 0.3) is 0 Å². The lowest BCUT2D eigenvalue weighted by Gasteiger charge is -2.24. The summed E-state index contributed by atoms with van der Waals surface area (Å²) in [5.74, 6) is 0.296. The van der Waals surface area contributed by atoms with Crippen LogP contribution in [0.2, 0.25) is 0 Å². The molecule has 1 aliphatic rings. The first-order valence-electron chi connectivity index (χ1n) is 8.63. The van der Waals surface area contributed by atoms with Gasteiger partial charge in [0.2, 0.25) is 5.91 Å². The zero-order chi connectivity index (χ0) is 17.7. The lowest BCUT2D eigenvalue weighted by atomic mass is 10.0. The van der Waals surface area contributed by atoms with Crippen LogP contribution in [0, 0.1) is 5.92 Å². The number of hydrogen-bond acceptors (Lipinski definition) is 3. The van der Waals surface area contributed by atoms with Gasteiger partial charge in [-0.05, 0) is 36.5 Å². The van der Waals surface area contributed by atoms with Gasteiger partial charge >= 0.3 is 0 Å². The Balaban J connectivity index is 1.71. The molecule has 0 aromatic heterocycles. The van der Waals surface area contributed by atoms with E-state index in [9.17, 15) is 13.2 Å². The van der Waals surface area contributed by atoms with Crippen LogP contribution in [0.1, 0.15) is 18.4 Å². The number of rotatable bonds is 6. The Morgan fingerprint density at radius 3 is 2.24 bits per heavy atom. The van der Waals surface area contributed by atoms with Crippen molar-refractivity contribution in [2.45, 2.75) is 19.3 Å². The molecule has 2 aromatic rings. The van der Waals surface area contributed by atoms with Gasteiger partial charge in [0.15, 0.2) is 9.84 Å². The van der Waals surface area contributed by atoms with Crippen molar-refractivity contribution in [3.8, 4) is 0 Å². The number of sulfone groups is 1. The van der Waals surface area contributed by atoms with Crippen LogP contribution in [-0.2, 0) is 21.1 Å². The van der Waals surface area contributed by atoms with E-state index in [0.717, 1.165) is 12.1 Å². The fraction of sp³-hybridized carbons (Fsp3) is 0.350. The highest BCUT2D eigenvalue weighted by molar-refractivity contribution is 7.91. The van der Waals surface area contributed by atoms with Gasteiger partial charge in [0.25, 0.3) is 0 Å². The molecule has 3 rings (SSSR count). The van der Waals surface area contributed by atoms with Crippen molar-refractivity contribution in [2.24, 2.45) is 5.92 Å². The molecule has 1 fully saturated rings. The molecule has 1 unspecified atom stereocenters. The van der Waals surface area contributed by atoms with Gasteiger partial charge in [-0.15, -0.1) is 0 Å². The third-order valence-electron chi connectivity index (χ3n) is 4.63. The normalized spacial score (nSPS) is 18.8. The molecule has 1 saturated heterocycles. The fourth-order valence-electron chi connectivity index (χ4n) is 3.28. The van der Waals surface area contributed by atoms with Crippen LogP contribution < -0.4 is 4.90 Å². The lowest BCUT2D eigenvalue weighted by Crippen LogP contribution is -2.34. The molecule has 1 amide bonds. The maximum atomic E-state index is 12.9. The van der Waals surface area contributed by atoms with Gasteiger partial charge in [0, 0.05) is 18.7 Å². The highest BCUT2D eigenvalue weighted by atomic mass is 32.2. The molecular weight excluding hydrogens is 334 g/mol. The second kappa shape index (κ2) is 7.83. The second-order valence-electron chi connectivity index (χ2n) is 6.59. The summed E-state index contributed by atoms with van der Waals surface area (Å²) in [7, 11) is -2.96. The predicted molar refractivity (Wildman–Crippen MR) is 100 cm³/mol. The van der Waals surface area contributed by atoms with E-state index >= 15 is 0 Å². The molecule has 1 aliphatic heterocycles. The number of benzene rings is 2. The van der Waals surface area contributed by atoms with E-state index in [1.807, 2.05) is 48.5 Å². The number of hydrogen-bond donors (Lipinski definition) is 0. The number of carbonyl (C=O) groups excluding carboxylic acids is 1. The van der Waals surface area contributed by atoms with Crippen molar-refractivity contribution in [2.75, 3.05) is 23.0 Å². The molecule has 25 heavy (non-hydrogen) atoms. The summed E-state index contributed by atoms with van der Waals surface area (Å²) in [6.07, 6.45) is 1.66. The van der Waals surface area contributed by atoms with E-state index in [1.165, 1.54) is 5.56 Å². The summed E-state index contributed by atoms with van der Waals surface area (Å²) in [6, 6.07) is 19.7. The average molecular weight is 357 g/mol. The Labute approximate surface area is 149 Å². The van der Waals surface area contributed by atoms with Gasteiger partial charge in [0.1, 0.15) is 0 Å². The zero-order valence-electron chi connectivity index (χ0n) is 14.2. The van der Waals surface area contributed by atoms with E-state index in [-0.39, 0.29) is 23.3 Å². The van der Waals surface area contributed by atoms with Gasteiger partial charge in [0.05, 0.1) is 11.5 Å². The quantitative estimate of drug-likeness (QED) is 0.798. The molecule has 0 radical (unpaired) electrons. The zero-order valence-corrected chi connectivity index (χ0v) is 15.0. The monoisotopic (exact) mass is 357 g/mol. The van der Waals surface area contributed by atoms with Crippen molar-refractivity contribution in [1.82, 2.24) is 0 Å². The Kier molecular flexibility index (Phi) is 5.53.